The fourth-order valence-corrected chi connectivity index (χ4v) is 3.12. The van der Waals surface area contributed by atoms with Gasteiger partial charge in [0.1, 0.15) is 18.9 Å². The van der Waals surface area contributed by atoms with Crippen LogP contribution in [-0.2, 0) is 0 Å². The zero-order valence-electron chi connectivity index (χ0n) is 13.5. The van der Waals surface area contributed by atoms with Crippen molar-refractivity contribution in [3.63, 3.8) is 0 Å². The highest BCUT2D eigenvalue weighted by molar-refractivity contribution is 5.36. The van der Waals surface area contributed by atoms with Crippen molar-refractivity contribution >= 4 is 0 Å². The van der Waals surface area contributed by atoms with Crippen LogP contribution < -0.4 is 9.64 Å². The van der Waals surface area contributed by atoms with Crippen molar-refractivity contribution in [1.29, 1.82) is 0 Å². The van der Waals surface area contributed by atoms with Gasteiger partial charge >= 0.3 is 0 Å². The molecule has 0 spiro atoms. The Morgan fingerprint density at radius 2 is 1.95 bits per heavy atom. The van der Waals surface area contributed by atoms with E-state index in [9.17, 15) is 0 Å². The van der Waals surface area contributed by atoms with Crippen LogP contribution in [0.2, 0.25) is 0 Å². The second-order valence-electron chi connectivity index (χ2n) is 6.70. The number of piperidine rings is 1. The summed E-state index contributed by atoms with van der Waals surface area (Å²) in [5.41, 5.74) is 2.77. The van der Waals surface area contributed by atoms with Gasteiger partial charge in [0.2, 0.25) is 0 Å². The lowest BCUT2D eigenvalue weighted by Gasteiger charge is -2.27. The molecule has 1 saturated heterocycles. The molecule has 1 aliphatic rings. The maximum absolute atomic E-state index is 5.93. The molecule has 0 bridgehead atoms. The lowest BCUT2D eigenvalue weighted by molar-refractivity contribution is -0.906. The Kier molecular flexibility index (Phi) is 5.47. The van der Waals surface area contributed by atoms with Crippen LogP contribution in [0.4, 0.5) is 0 Å². The van der Waals surface area contributed by atoms with Crippen molar-refractivity contribution < 1.29 is 9.64 Å². The first-order valence-electron chi connectivity index (χ1n) is 8.13. The molecule has 0 atom stereocenters. The summed E-state index contributed by atoms with van der Waals surface area (Å²) in [5.74, 6) is 2.53. The molecule has 20 heavy (non-hydrogen) atoms. The minimum atomic E-state index is 0.587. The molecule has 2 nitrogen and oxygen atoms in total. The molecule has 1 N–H and O–H groups in total. The topological polar surface area (TPSA) is 13.7 Å². The fraction of sp³-hybridized carbons (Fsp3) is 0.667. The molecule has 1 aromatic rings. The summed E-state index contributed by atoms with van der Waals surface area (Å²) < 4.78 is 5.93. The first-order valence-corrected chi connectivity index (χ1v) is 8.13. The van der Waals surface area contributed by atoms with Crippen molar-refractivity contribution in [3.05, 3.63) is 29.3 Å². The third-order valence-electron chi connectivity index (χ3n) is 4.57. The van der Waals surface area contributed by atoms with Crippen LogP contribution in [0.1, 0.15) is 50.7 Å². The summed E-state index contributed by atoms with van der Waals surface area (Å²) in [4.78, 5) is 1.71. The van der Waals surface area contributed by atoms with Gasteiger partial charge in [0.05, 0.1) is 13.1 Å². The summed E-state index contributed by atoms with van der Waals surface area (Å²) in [5, 5.41) is 0. The maximum Gasteiger partial charge on any atom is 0.137 e. The SMILES string of the molecule is Cc1cc(OCC[NH+]2CCC(C)CC2)ccc1C(C)C. The third-order valence-corrected chi connectivity index (χ3v) is 4.57. The normalized spacial score (nSPS) is 23.1. The third kappa shape index (κ3) is 4.24. The Morgan fingerprint density at radius 3 is 2.55 bits per heavy atom. The van der Waals surface area contributed by atoms with Gasteiger partial charge < -0.3 is 9.64 Å². The highest BCUT2D eigenvalue weighted by Crippen LogP contribution is 2.23. The van der Waals surface area contributed by atoms with Crippen molar-refractivity contribution in [2.75, 3.05) is 26.2 Å². The Hall–Kier alpha value is -1.02. The summed E-state index contributed by atoms with van der Waals surface area (Å²) in [6.45, 7) is 13.6. The largest absolute Gasteiger partial charge is 0.488 e. The zero-order chi connectivity index (χ0) is 14.5. The molecule has 2 heteroatoms. The molecule has 0 amide bonds. The van der Waals surface area contributed by atoms with E-state index in [-0.39, 0.29) is 0 Å². The lowest BCUT2D eigenvalue weighted by Crippen LogP contribution is -3.13. The van der Waals surface area contributed by atoms with Crippen LogP contribution in [0.15, 0.2) is 18.2 Å². The first kappa shape index (κ1) is 15.4. The van der Waals surface area contributed by atoms with E-state index in [2.05, 4.69) is 45.9 Å². The van der Waals surface area contributed by atoms with E-state index in [4.69, 9.17) is 4.74 Å². The summed E-state index contributed by atoms with van der Waals surface area (Å²) >= 11 is 0. The monoisotopic (exact) mass is 276 g/mol. The standard InChI is InChI=1S/C18H29NO/c1-14(2)18-6-5-17(13-16(18)4)20-12-11-19-9-7-15(3)8-10-19/h5-6,13-15H,7-12H2,1-4H3/p+1. The van der Waals surface area contributed by atoms with Gasteiger partial charge in [-0.1, -0.05) is 26.8 Å². The Bertz CT molecular complexity index is 419. The highest BCUT2D eigenvalue weighted by atomic mass is 16.5. The van der Waals surface area contributed by atoms with Crippen LogP contribution in [0.3, 0.4) is 0 Å². The molecular weight excluding hydrogens is 246 g/mol. The number of quaternary nitrogens is 1. The Labute approximate surface area is 124 Å². The van der Waals surface area contributed by atoms with Crippen molar-refractivity contribution in [2.45, 2.75) is 46.5 Å². The molecule has 1 fully saturated rings. The quantitative estimate of drug-likeness (QED) is 0.873. The van der Waals surface area contributed by atoms with E-state index < -0.39 is 0 Å². The van der Waals surface area contributed by atoms with Crippen molar-refractivity contribution in [3.8, 4) is 5.75 Å². The average Bonchev–Trinajstić information content (AvgIpc) is 2.41. The van der Waals surface area contributed by atoms with Gasteiger partial charge in [-0.25, -0.2) is 0 Å². The molecule has 1 aliphatic heterocycles. The number of benzene rings is 1. The molecule has 0 saturated carbocycles. The van der Waals surface area contributed by atoms with Crippen LogP contribution in [0.5, 0.6) is 5.75 Å². The van der Waals surface area contributed by atoms with Crippen molar-refractivity contribution in [2.24, 2.45) is 5.92 Å². The van der Waals surface area contributed by atoms with E-state index in [1.807, 2.05) is 0 Å². The number of hydrogen-bond acceptors (Lipinski definition) is 1. The molecule has 1 aromatic carbocycles. The molecule has 1 heterocycles. The predicted octanol–water partition coefficient (Wildman–Crippen LogP) is 2.81. The Morgan fingerprint density at radius 1 is 1.25 bits per heavy atom. The lowest BCUT2D eigenvalue weighted by atomic mass is 9.98. The van der Waals surface area contributed by atoms with E-state index in [1.54, 1.807) is 4.90 Å². The maximum atomic E-state index is 5.93. The van der Waals surface area contributed by atoms with Crippen LogP contribution in [0, 0.1) is 12.8 Å². The summed E-state index contributed by atoms with van der Waals surface area (Å²) in [7, 11) is 0. The minimum Gasteiger partial charge on any atom is -0.488 e. The van der Waals surface area contributed by atoms with E-state index in [1.165, 1.54) is 37.1 Å². The van der Waals surface area contributed by atoms with E-state index in [0.717, 1.165) is 24.8 Å². The van der Waals surface area contributed by atoms with Gasteiger partial charge in [0.15, 0.2) is 0 Å². The van der Waals surface area contributed by atoms with Gasteiger partial charge in [0.25, 0.3) is 0 Å². The van der Waals surface area contributed by atoms with Crippen LogP contribution in [0.25, 0.3) is 0 Å². The van der Waals surface area contributed by atoms with Gasteiger partial charge in [0, 0.05) is 0 Å². The second kappa shape index (κ2) is 7.12. The molecular formula is C18H30NO+. The van der Waals surface area contributed by atoms with Crippen LogP contribution >= 0.6 is 0 Å². The van der Waals surface area contributed by atoms with Crippen LogP contribution in [-0.4, -0.2) is 26.2 Å². The minimum absolute atomic E-state index is 0.587. The zero-order valence-corrected chi connectivity index (χ0v) is 13.5. The number of likely N-dealkylation sites (tertiary alicyclic amines) is 1. The number of hydrogen-bond donors (Lipinski definition) is 1. The number of ether oxygens (including phenoxy) is 1. The molecule has 0 unspecified atom stereocenters. The molecule has 0 radical (unpaired) electrons. The smallest absolute Gasteiger partial charge is 0.137 e. The summed E-state index contributed by atoms with van der Waals surface area (Å²) in [6.07, 6.45) is 2.75. The molecule has 112 valence electrons. The first-order chi connectivity index (χ1) is 9.56. The molecule has 0 aliphatic carbocycles. The van der Waals surface area contributed by atoms with E-state index >= 15 is 0 Å². The van der Waals surface area contributed by atoms with Gasteiger partial charge in [-0.3, -0.25) is 0 Å². The predicted molar refractivity (Wildman–Crippen MR) is 84.7 cm³/mol. The van der Waals surface area contributed by atoms with E-state index in [0.29, 0.717) is 5.92 Å². The van der Waals surface area contributed by atoms with Gasteiger partial charge in [-0.2, -0.15) is 0 Å². The molecule has 2 rings (SSSR count). The number of rotatable bonds is 5. The van der Waals surface area contributed by atoms with Gasteiger partial charge in [-0.05, 0) is 54.9 Å². The summed E-state index contributed by atoms with van der Waals surface area (Å²) in [6, 6.07) is 6.52. The molecule has 0 aromatic heterocycles. The van der Waals surface area contributed by atoms with Crippen molar-refractivity contribution in [1.82, 2.24) is 0 Å². The highest BCUT2D eigenvalue weighted by Gasteiger charge is 2.18. The van der Waals surface area contributed by atoms with Gasteiger partial charge in [-0.15, -0.1) is 0 Å². The Balaban J connectivity index is 1.78. The fourth-order valence-electron chi connectivity index (χ4n) is 3.12. The second-order valence-corrected chi connectivity index (χ2v) is 6.70. The average molecular weight is 276 g/mol. The number of nitrogens with one attached hydrogen (secondary N) is 1. The number of aryl methyl sites for hydroxylation is 1.